The van der Waals surface area contributed by atoms with Gasteiger partial charge in [0.1, 0.15) is 11.7 Å². The number of hydrogen-bond donors (Lipinski definition) is 2. The lowest BCUT2D eigenvalue weighted by Gasteiger charge is -2.32. The molecule has 0 atom stereocenters. The molecule has 0 spiro atoms. The number of piperidine rings is 1. The normalized spacial score (nSPS) is 14.5. The van der Waals surface area contributed by atoms with E-state index in [0.717, 1.165) is 5.56 Å². The van der Waals surface area contributed by atoms with Gasteiger partial charge in [-0.3, -0.25) is 4.79 Å². The van der Waals surface area contributed by atoms with Crippen molar-refractivity contribution in [2.24, 2.45) is 10.9 Å². The van der Waals surface area contributed by atoms with E-state index >= 15 is 0 Å². The summed E-state index contributed by atoms with van der Waals surface area (Å²) >= 11 is 12.7. The highest BCUT2D eigenvalue weighted by atomic mass is 35.5. The topological polar surface area (TPSA) is 96.7 Å². The Labute approximate surface area is 235 Å². The van der Waals surface area contributed by atoms with E-state index in [1.807, 2.05) is 24.3 Å². The fourth-order valence-corrected chi connectivity index (χ4v) is 5.40. The van der Waals surface area contributed by atoms with Gasteiger partial charge in [0.2, 0.25) is 0 Å². The molecule has 3 aromatic carbocycles. The molecule has 0 saturated carbocycles. The Morgan fingerprint density at radius 2 is 1.69 bits per heavy atom. The minimum Gasteiger partial charge on any atom is -0.409 e. The van der Waals surface area contributed by atoms with Gasteiger partial charge in [-0.25, -0.2) is 9.07 Å². The van der Waals surface area contributed by atoms with E-state index in [9.17, 15) is 14.4 Å². The Morgan fingerprint density at radius 3 is 2.36 bits per heavy atom. The third-order valence-corrected chi connectivity index (χ3v) is 7.57. The molecular weight excluding hydrogens is 540 g/mol. The summed E-state index contributed by atoms with van der Waals surface area (Å²) in [6, 6.07) is 21.1. The number of oxime groups is 1. The van der Waals surface area contributed by atoms with E-state index in [-0.39, 0.29) is 35.6 Å². The Bertz CT molecular complexity index is 1530. The van der Waals surface area contributed by atoms with Crippen molar-refractivity contribution >= 4 is 34.9 Å². The molecule has 39 heavy (non-hydrogen) atoms. The van der Waals surface area contributed by atoms with Crippen LogP contribution < -0.4 is 5.73 Å². The molecule has 0 bridgehead atoms. The number of likely N-dealkylation sites (tertiary alicyclic amines) is 1. The van der Waals surface area contributed by atoms with Crippen LogP contribution >= 0.6 is 23.2 Å². The maximum Gasteiger partial charge on any atom is 0.274 e. The van der Waals surface area contributed by atoms with E-state index in [4.69, 9.17) is 34.0 Å². The van der Waals surface area contributed by atoms with Crippen molar-refractivity contribution < 1.29 is 14.4 Å². The van der Waals surface area contributed by atoms with Crippen LogP contribution in [0.3, 0.4) is 0 Å². The van der Waals surface area contributed by atoms with Crippen LogP contribution in [0.15, 0.2) is 78.0 Å². The predicted octanol–water partition coefficient (Wildman–Crippen LogP) is 6.29. The van der Waals surface area contributed by atoms with Gasteiger partial charge >= 0.3 is 0 Å². The highest BCUT2D eigenvalue weighted by Gasteiger charge is 2.32. The number of rotatable bonds is 6. The molecule has 1 saturated heterocycles. The van der Waals surface area contributed by atoms with Crippen molar-refractivity contribution in [3.63, 3.8) is 0 Å². The van der Waals surface area contributed by atoms with Crippen molar-refractivity contribution in [2.45, 2.75) is 25.2 Å². The molecule has 1 amide bonds. The summed E-state index contributed by atoms with van der Waals surface area (Å²) in [5, 5.41) is 18.3. The molecule has 0 unspecified atom stereocenters. The highest BCUT2D eigenvalue weighted by Crippen LogP contribution is 2.35. The van der Waals surface area contributed by atoms with Gasteiger partial charge in [-0.05, 0) is 54.7 Å². The van der Waals surface area contributed by atoms with Gasteiger partial charge in [0, 0.05) is 35.7 Å². The lowest BCUT2D eigenvalue weighted by molar-refractivity contribution is 0.0705. The van der Waals surface area contributed by atoms with Crippen LogP contribution in [0.4, 0.5) is 4.39 Å². The summed E-state index contributed by atoms with van der Waals surface area (Å²) in [5.41, 5.74) is 9.17. The molecule has 5 rings (SSSR count). The number of carbonyl (C=O) groups is 1. The zero-order chi connectivity index (χ0) is 27.5. The molecule has 10 heteroatoms. The maximum absolute atomic E-state index is 14.4. The van der Waals surface area contributed by atoms with E-state index in [1.54, 1.807) is 52.0 Å². The predicted molar refractivity (Wildman–Crippen MR) is 150 cm³/mol. The largest absolute Gasteiger partial charge is 0.409 e. The quantitative estimate of drug-likeness (QED) is 0.124. The Kier molecular flexibility index (Phi) is 7.86. The van der Waals surface area contributed by atoms with Crippen molar-refractivity contribution in [2.75, 3.05) is 13.1 Å². The first-order chi connectivity index (χ1) is 18.9. The summed E-state index contributed by atoms with van der Waals surface area (Å²) < 4.78 is 16.0. The average Bonchev–Trinajstić information content (AvgIpc) is 3.32. The molecule has 1 aliphatic rings. The van der Waals surface area contributed by atoms with Crippen LogP contribution in [0.25, 0.3) is 16.9 Å². The zero-order valence-corrected chi connectivity index (χ0v) is 22.4. The number of amides is 1. The Balaban J connectivity index is 1.57. The second-order valence-corrected chi connectivity index (χ2v) is 10.2. The Morgan fingerprint density at radius 1 is 1.03 bits per heavy atom. The number of para-hydroxylation sites is 1. The van der Waals surface area contributed by atoms with E-state index in [0.29, 0.717) is 58.5 Å². The summed E-state index contributed by atoms with van der Waals surface area (Å²) in [7, 11) is 0. The highest BCUT2D eigenvalue weighted by molar-refractivity contribution is 6.32. The second-order valence-electron chi connectivity index (χ2n) is 9.40. The summed E-state index contributed by atoms with van der Waals surface area (Å²) in [5.74, 6) is -0.563. The van der Waals surface area contributed by atoms with Crippen molar-refractivity contribution in [3.05, 3.63) is 105 Å². The first-order valence-corrected chi connectivity index (χ1v) is 13.3. The van der Waals surface area contributed by atoms with Gasteiger partial charge < -0.3 is 15.8 Å². The van der Waals surface area contributed by atoms with Crippen molar-refractivity contribution in [3.8, 4) is 16.9 Å². The fraction of sp³-hybridized carbons (Fsp3) is 0.207. The monoisotopic (exact) mass is 565 g/mol. The Hall–Kier alpha value is -3.88. The lowest BCUT2D eigenvalue weighted by atomic mass is 9.89. The number of amidine groups is 1. The smallest absolute Gasteiger partial charge is 0.274 e. The van der Waals surface area contributed by atoms with Gasteiger partial charge in [0.15, 0.2) is 5.69 Å². The first-order valence-electron chi connectivity index (χ1n) is 12.5. The molecule has 4 aromatic rings. The van der Waals surface area contributed by atoms with Gasteiger partial charge in [0.05, 0.1) is 16.4 Å². The minimum absolute atomic E-state index is 0.0221. The second kappa shape index (κ2) is 11.5. The number of nitrogens with two attached hydrogens (primary N) is 1. The molecule has 200 valence electrons. The molecule has 0 radical (unpaired) electrons. The van der Waals surface area contributed by atoms with E-state index in [1.165, 1.54) is 6.07 Å². The van der Waals surface area contributed by atoms with Crippen molar-refractivity contribution in [1.82, 2.24) is 14.7 Å². The van der Waals surface area contributed by atoms with Gasteiger partial charge in [-0.2, -0.15) is 5.10 Å². The maximum atomic E-state index is 14.4. The summed E-state index contributed by atoms with van der Waals surface area (Å²) in [4.78, 5) is 15.7. The lowest BCUT2D eigenvalue weighted by Crippen LogP contribution is -2.38. The summed E-state index contributed by atoms with van der Waals surface area (Å²) in [6.07, 6.45) is 1.22. The van der Waals surface area contributed by atoms with Gasteiger partial charge in [-0.15, -0.1) is 0 Å². The van der Waals surface area contributed by atoms with Crippen LogP contribution in [-0.4, -0.2) is 44.7 Å². The molecule has 1 aromatic heterocycles. The van der Waals surface area contributed by atoms with Crippen LogP contribution in [0, 0.1) is 5.82 Å². The number of hydrogen-bond acceptors (Lipinski definition) is 4. The molecule has 7 nitrogen and oxygen atoms in total. The fourth-order valence-electron chi connectivity index (χ4n) is 5.06. The number of carbonyl (C=O) groups excluding carboxylic acids is 1. The molecule has 1 aliphatic heterocycles. The molecule has 1 fully saturated rings. The minimum atomic E-state index is -0.288. The number of benzene rings is 3. The zero-order valence-electron chi connectivity index (χ0n) is 20.9. The third-order valence-electron chi connectivity index (χ3n) is 7.00. The average molecular weight is 566 g/mol. The first kappa shape index (κ1) is 26.7. The molecule has 2 heterocycles. The van der Waals surface area contributed by atoms with E-state index in [2.05, 4.69) is 5.16 Å². The van der Waals surface area contributed by atoms with Crippen LogP contribution in [-0.2, 0) is 6.42 Å². The summed E-state index contributed by atoms with van der Waals surface area (Å²) in [6.45, 7) is 0.881. The third kappa shape index (κ3) is 5.48. The van der Waals surface area contributed by atoms with Gasteiger partial charge in [0.25, 0.3) is 5.91 Å². The van der Waals surface area contributed by atoms with E-state index < -0.39 is 0 Å². The molecule has 0 aliphatic carbocycles. The van der Waals surface area contributed by atoms with Crippen LogP contribution in [0.1, 0.15) is 40.4 Å². The molecule has 3 N–H and O–H groups in total. The van der Waals surface area contributed by atoms with Crippen LogP contribution in [0.5, 0.6) is 0 Å². The number of aromatic nitrogens is 2. The standard InChI is InChI=1S/C29H26Cl2FN5O2/c30-20-11-9-19(10-12-20)28-22(17-26(33)35-39)27(34-37(28)25-8-4-2-6-23(25)31)29(38)36-15-13-18(14-16-36)21-5-1-3-7-24(21)32/h1-12,18,39H,13-17H2,(H2,33,35). The number of halogens is 3. The van der Waals surface area contributed by atoms with Crippen LogP contribution in [0.2, 0.25) is 10.0 Å². The molecular formula is C29H26Cl2FN5O2. The number of nitrogens with zero attached hydrogens (tertiary/aromatic N) is 4. The van der Waals surface area contributed by atoms with Crippen molar-refractivity contribution in [1.29, 1.82) is 0 Å². The SMILES string of the molecule is N/C(Cc1c(C(=O)N2CCC(c3ccccc3F)CC2)nn(-c2ccccc2Cl)c1-c1ccc(Cl)cc1)=N\O. The van der Waals surface area contributed by atoms with Gasteiger partial charge in [-0.1, -0.05) is 70.8 Å².